The van der Waals surface area contributed by atoms with E-state index in [1.54, 1.807) is 6.92 Å². The maximum atomic E-state index is 10.8. The molecule has 0 saturated heterocycles. The number of hydrogen-bond acceptors (Lipinski definition) is 3. The highest BCUT2D eigenvalue weighted by Gasteiger charge is 2.23. The van der Waals surface area contributed by atoms with E-state index in [4.69, 9.17) is 11.6 Å². The summed E-state index contributed by atoms with van der Waals surface area (Å²) in [6.07, 6.45) is -0.0513. The average Bonchev–Trinajstić information content (AvgIpc) is 1.87. The van der Waals surface area contributed by atoms with Gasteiger partial charge in [0.15, 0.2) is 0 Å². The van der Waals surface area contributed by atoms with Gasteiger partial charge >= 0.3 is 5.97 Å². The smallest absolute Gasteiger partial charge is 0.308 e. The van der Waals surface area contributed by atoms with E-state index in [1.165, 1.54) is 6.92 Å². The molecule has 0 saturated carbocycles. The van der Waals surface area contributed by atoms with Gasteiger partial charge in [-0.2, -0.15) is 0 Å². The third kappa shape index (κ3) is 5.04. The lowest BCUT2D eigenvalue weighted by Crippen LogP contribution is -2.30. The van der Waals surface area contributed by atoms with Crippen LogP contribution in [0.5, 0.6) is 0 Å². The Hall–Kier alpha value is -0.280. The number of carbonyl (C=O) groups is 1. The normalized spacial score (nSPS) is 15.6. The lowest BCUT2D eigenvalue weighted by atomic mass is 10.1. The summed E-state index contributed by atoms with van der Waals surface area (Å²) in [5, 5.41) is 9.29. The zero-order valence-corrected chi connectivity index (χ0v) is 7.52. The fourth-order valence-electron chi connectivity index (χ4n) is 0.570. The molecule has 0 aromatic carbocycles. The minimum Gasteiger partial charge on any atom is -0.466 e. The minimum absolute atomic E-state index is 0.0335. The van der Waals surface area contributed by atoms with Gasteiger partial charge in [-0.05, 0) is 13.8 Å². The van der Waals surface area contributed by atoms with E-state index in [9.17, 15) is 9.90 Å². The molecule has 0 rings (SSSR count). The van der Waals surface area contributed by atoms with Gasteiger partial charge < -0.3 is 9.84 Å². The highest BCUT2D eigenvalue weighted by molar-refractivity contribution is 6.18. The molecule has 4 heteroatoms. The molecule has 0 aromatic rings. The Morgan fingerprint density at radius 1 is 1.73 bits per heavy atom. The van der Waals surface area contributed by atoms with Crippen molar-refractivity contribution in [1.82, 2.24) is 0 Å². The van der Waals surface area contributed by atoms with Crippen LogP contribution in [0, 0.1) is 0 Å². The van der Waals surface area contributed by atoms with Crippen molar-refractivity contribution < 1.29 is 14.6 Å². The van der Waals surface area contributed by atoms with Crippen molar-refractivity contribution in [3.8, 4) is 0 Å². The summed E-state index contributed by atoms with van der Waals surface area (Å²) in [6, 6.07) is 0. The van der Waals surface area contributed by atoms with Crippen LogP contribution in [0.1, 0.15) is 20.3 Å². The van der Waals surface area contributed by atoms with Crippen molar-refractivity contribution in [3.63, 3.8) is 0 Å². The Bertz CT molecular complexity index is 134. The maximum absolute atomic E-state index is 10.8. The molecule has 0 bridgehead atoms. The van der Waals surface area contributed by atoms with Crippen molar-refractivity contribution >= 4 is 17.6 Å². The van der Waals surface area contributed by atoms with E-state index in [0.29, 0.717) is 6.61 Å². The number of halogens is 1. The van der Waals surface area contributed by atoms with Crippen LogP contribution in [-0.4, -0.2) is 29.2 Å². The molecule has 1 atom stereocenters. The fraction of sp³-hybridized carbons (Fsp3) is 0.857. The van der Waals surface area contributed by atoms with Gasteiger partial charge in [-0.3, -0.25) is 4.79 Å². The summed E-state index contributed by atoms with van der Waals surface area (Å²) < 4.78 is 4.62. The predicted octanol–water partition coefficient (Wildman–Crippen LogP) is 0.929. The molecule has 11 heavy (non-hydrogen) atoms. The van der Waals surface area contributed by atoms with E-state index in [1.807, 2.05) is 0 Å². The maximum Gasteiger partial charge on any atom is 0.308 e. The summed E-state index contributed by atoms with van der Waals surface area (Å²) in [5.74, 6) is -0.385. The van der Waals surface area contributed by atoms with Crippen LogP contribution >= 0.6 is 11.6 Å². The molecule has 0 radical (unpaired) electrons. The van der Waals surface area contributed by atoms with Crippen LogP contribution in [0.2, 0.25) is 0 Å². The summed E-state index contributed by atoms with van der Waals surface area (Å²) in [6.45, 7) is 3.54. The number of ether oxygens (including phenoxy) is 1. The van der Waals surface area contributed by atoms with Crippen molar-refractivity contribution in [2.45, 2.75) is 25.9 Å². The molecule has 1 unspecified atom stereocenters. The van der Waals surface area contributed by atoms with Crippen molar-refractivity contribution in [2.75, 3.05) is 12.5 Å². The molecule has 0 aromatic heterocycles. The van der Waals surface area contributed by atoms with E-state index in [-0.39, 0.29) is 12.3 Å². The van der Waals surface area contributed by atoms with Crippen LogP contribution in [0.25, 0.3) is 0 Å². The lowest BCUT2D eigenvalue weighted by molar-refractivity contribution is -0.147. The second-order valence-corrected chi connectivity index (χ2v) is 2.88. The van der Waals surface area contributed by atoms with Crippen LogP contribution < -0.4 is 0 Å². The van der Waals surface area contributed by atoms with E-state index < -0.39 is 11.6 Å². The quantitative estimate of drug-likeness (QED) is 0.517. The largest absolute Gasteiger partial charge is 0.466 e. The number of rotatable bonds is 4. The molecule has 1 N–H and O–H groups in total. The van der Waals surface area contributed by atoms with Gasteiger partial charge in [-0.15, -0.1) is 11.6 Å². The summed E-state index contributed by atoms with van der Waals surface area (Å²) in [5.41, 5.74) is -1.15. The van der Waals surface area contributed by atoms with E-state index in [0.717, 1.165) is 0 Å². The van der Waals surface area contributed by atoms with E-state index in [2.05, 4.69) is 4.74 Å². The molecule has 66 valence electrons. The van der Waals surface area contributed by atoms with Gasteiger partial charge in [-0.1, -0.05) is 0 Å². The molecule has 0 fully saturated rings. The molecule has 0 spiro atoms. The number of aliphatic hydroxyl groups is 1. The van der Waals surface area contributed by atoms with E-state index >= 15 is 0 Å². The minimum atomic E-state index is -1.15. The summed E-state index contributed by atoms with van der Waals surface area (Å²) in [7, 11) is 0. The highest BCUT2D eigenvalue weighted by atomic mass is 35.5. The molecule has 0 aliphatic rings. The summed E-state index contributed by atoms with van der Waals surface area (Å²) in [4.78, 5) is 10.8. The van der Waals surface area contributed by atoms with Gasteiger partial charge in [0.25, 0.3) is 0 Å². The average molecular weight is 181 g/mol. The molecule has 0 aliphatic carbocycles. The molecule has 0 aliphatic heterocycles. The molecule has 3 nitrogen and oxygen atoms in total. The van der Waals surface area contributed by atoms with Gasteiger partial charge in [0, 0.05) is 0 Å². The Kier molecular flexibility index (Phi) is 4.45. The standard InChI is InChI=1S/C7H13ClO3/c1-3-11-6(9)4-7(2,10)5-8/h10H,3-5H2,1-2H3. The number of hydrogen-bond donors (Lipinski definition) is 1. The first-order valence-electron chi connectivity index (χ1n) is 3.46. The van der Waals surface area contributed by atoms with Crippen LogP contribution in [0.15, 0.2) is 0 Å². The first-order valence-corrected chi connectivity index (χ1v) is 3.99. The number of carbonyl (C=O) groups excluding carboxylic acids is 1. The topological polar surface area (TPSA) is 46.5 Å². The first kappa shape index (κ1) is 10.7. The fourth-order valence-corrected chi connectivity index (χ4v) is 0.665. The third-order valence-electron chi connectivity index (χ3n) is 1.12. The SMILES string of the molecule is CCOC(=O)CC(C)(O)CCl. The van der Waals surface area contributed by atoms with Crippen molar-refractivity contribution in [1.29, 1.82) is 0 Å². The van der Waals surface area contributed by atoms with Crippen LogP contribution in [0.3, 0.4) is 0 Å². The third-order valence-corrected chi connectivity index (χ3v) is 1.69. The lowest BCUT2D eigenvalue weighted by Gasteiger charge is -2.17. The van der Waals surface area contributed by atoms with Crippen LogP contribution in [0.4, 0.5) is 0 Å². The van der Waals surface area contributed by atoms with Gasteiger partial charge in [0.1, 0.15) is 0 Å². The van der Waals surface area contributed by atoms with Crippen molar-refractivity contribution in [2.24, 2.45) is 0 Å². The van der Waals surface area contributed by atoms with Gasteiger partial charge in [0.2, 0.25) is 0 Å². The Balaban J connectivity index is 3.74. The van der Waals surface area contributed by atoms with Gasteiger partial charge in [-0.25, -0.2) is 0 Å². The predicted molar refractivity (Wildman–Crippen MR) is 42.6 cm³/mol. The molecule has 0 amide bonds. The second kappa shape index (κ2) is 4.57. The zero-order valence-electron chi connectivity index (χ0n) is 6.76. The zero-order chi connectivity index (χ0) is 8.91. The molecule has 0 heterocycles. The Labute approximate surface area is 71.3 Å². The van der Waals surface area contributed by atoms with Crippen molar-refractivity contribution in [3.05, 3.63) is 0 Å². The Morgan fingerprint density at radius 2 is 2.27 bits per heavy atom. The summed E-state index contributed by atoms with van der Waals surface area (Å²) >= 11 is 5.38. The second-order valence-electron chi connectivity index (χ2n) is 2.61. The number of esters is 1. The van der Waals surface area contributed by atoms with Gasteiger partial charge in [0.05, 0.1) is 24.5 Å². The number of alkyl halides is 1. The first-order chi connectivity index (χ1) is 5.02. The highest BCUT2D eigenvalue weighted by Crippen LogP contribution is 2.11. The Morgan fingerprint density at radius 3 is 2.64 bits per heavy atom. The molecular weight excluding hydrogens is 168 g/mol. The monoisotopic (exact) mass is 180 g/mol. The van der Waals surface area contributed by atoms with Crippen LogP contribution in [-0.2, 0) is 9.53 Å². The molecular formula is C7H13ClO3.